The molecule has 2 heterocycles. The summed E-state index contributed by atoms with van der Waals surface area (Å²) in [4.78, 5) is 16.1. The Morgan fingerprint density at radius 2 is 2.30 bits per heavy atom. The van der Waals surface area contributed by atoms with E-state index < -0.39 is 0 Å². The van der Waals surface area contributed by atoms with Crippen LogP contribution >= 0.6 is 0 Å². The second kappa shape index (κ2) is 5.30. The molecule has 3 rings (SSSR count). The van der Waals surface area contributed by atoms with Gasteiger partial charge in [-0.3, -0.25) is 10.1 Å². The topological polar surface area (TPSA) is 89.1 Å². The fourth-order valence-corrected chi connectivity index (χ4v) is 1.99. The first kappa shape index (κ1) is 12.6. The molecule has 1 aliphatic heterocycles. The van der Waals surface area contributed by atoms with Gasteiger partial charge in [0.1, 0.15) is 0 Å². The maximum absolute atomic E-state index is 12.1. The van der Waals surface area contributed by atoms with Crippen molar-refractivity contribution in [2.24, 2.45) is 0 Å². The number of hydrogen-bond donors (Lipinski definition) is 2. The molecule has 0 saturated heterocycles. The molecule has 0 atom stereocenters. The maximum atomic E-state index is 12.1. The number of carbonyl (C=O) groups excluding carboxylic acids is 1. The van der Waals surface area contributed by atoms with E-state index in [0.717, 1.165) is 11.1 Å². The minimum Gasteiger partial charge on any atom is -0.463 e. The minimum atomic E-state index is -0.251. The van der Waals surface area contributed by atoms with E-state index in [4.69, 9.17) is 9.47 Å². The van der Waals surface area contributed by atoms with Crippen molar-refractivity contribution < 1.29 is 14.3 Å². The van der Waals surface area contributed by atoms with Gasteiger partial charge in [0.15, 0.2) is 0 Å². The van der Waals surface area contributed by atoms with Crippen LogP contribution in [0.25, 0.3) is 0 Å². The van der Waals surface area contributed by atoms with Crippen molar-refractivity contribution in [3.8, 4) is 6.01 Å². The fraction of sp³-hybridized carbons (Fsp3) is 0.308. The number of nitrogens with one attached hydrogen (secondary N) is 2. The normalized spacial score (nSPS) is 13.1. The predicted molar refractivity (Wildman–Crippen MR) is 70.4 cm³/mol. The summed E-state index contributed by atoms with van der Waals surface area (Å²) >= 11 is 0. The van der Waals surface area contributed by atoms with Crippen LogP contribution in [-0.4, -0.2) is 27.7 Å². The number of benzene rings is 1. The van der Waals surface area contributed by atoms with Crippen molar-refractivity contribution in [3.63, 3.8) is 0 Å². The molecule has 0 saturated carbocycles. The molecule has 0 radical (unpaired) electrons. The zero-order valence-corrected chi connectivity index (χ0v) is 11.0. The number of nitrogens with zero attached hydrogens (tertiary/aromatic N) is 2. The van der Waals surface area contributed by atoms with E-state index >= 15 is 0 Å². The molecular formula is C13H14N4O3. The number of aromatic nitrogens is 3. The van der Waals surface area contributed by atoms with Gasteiger partial charge in [-0.05, 0) is 30.2 Å². The lowest BCUT2D eigenvalue weighted by molar-refractivity contribution is 0.102. The van der Waals surface area contributed by atoms with Crippen LogP contribution < -0.4 is 10.1 Å². The number of fused-ring (bicyclic) bond motifs is 1. The monoisotopic (exact) mass is 274 g/mol. The first-order chi connectivity index (χ1) is 9.76. The molecule has 0 spiro atoms. The van der Waals surface area contributed by atoms with E-state index in [1.165, 1.54) is 0 Å². The van der Waals surface area contributed by atoms with Crippen molar-refractivity contribution in [3.05, 3.63) is 34.9 Å². The molecule has 1 aliphatic rings. The lowest BCUT2D eigenvalue weighted by Gasteiger charge is -2.03. The van der Waals surface area contributed by atoms with Gasteiger partial charge in [-0.15, -0.1) is 5.10 Å². The summed E-state index contributed by atoms with van der Waals surface area (Å²) in [6.45, 7) is 3.46. The third kappa shape index (κ3) is 2.48. The van der Waals surface area contributed by atoms with Crippen LogP contribution in [0.1, 0.15) is 28.4 Å². The molecule has 0 bridgehead atoms. The smallest absolute Gasteiger partial charge is 0.337 e. The third-order valence-corrected chi connectivity index (χ3v) is 2.95. The molecule has 7 heteroatoms. The first-order valence-electron chi connectivity index (χ1n) is 6.32. The number of carbonyl (C=O) groups is 1. The fourth-order valence-electron chi connectivity index (χ4n) is 1.99. The zero-order chi connectivity index (χ0) is 13.9. The summed E-state index contributed by atoms with van der Waals surface area (Å²) in [6.07, 6.45) is 0. The maximum Gasteiger partial charge on any atom is 0.337 e. The number of hydrogen-bond acceptors (Lipinski definition) is 5. The summed E-state index contributed by atoms with van der Waals surface area (Å²) in [7, 11) is 0. The SMILES string of the molecule is CCOc1n[nH]c(NC(=O)c2ccc3c(c2)COC3)n1. The average Bonchev–Trinajstić information content (AvgIpc) is 3.07. The second-order valence-electron chi connectivity index (χ2n) is 4.33. The highest BCUT2D eigenvalue weighted by atomic mass is 16.5. The van der Waals surface area contributed by atoms with Gasteiger partial charge < -0.3 is 9.47 Å². The quantitative estimate of drug-likeness (QED) is 0.881. The average molecular weight is 274 g/mol. The molecule has 20 heavy (non-hydrogen) atoms. The highest BCUT2D eigenvalue weighted by Gasteiger charge is 2.15. The molecule has 0 fully saturated rings. The molecule has 1 amide bonds. The van der Waals surface area contributed by atoms with Gasteiger partial charge in [0.25, 0.3) is 5.91 Å². The van der Waals surface area contributed by atoms with Gasteiger partial charge in [-0.2, -0.15) is 4.98 Å². The van der Waals surface area contributed by atoms with E-state index in [-0.39, 0.29) is 17.9 Å². The summed E-state index contributed by atoms with van der Waals surface area (Å²) in [6, 6.07) is 5.72. The van der Waals surface area contributed by atoms with Gasteiger partial charge in [0.2, 0.25) is 5.95 Å². The highest BCUT2D eigenvalue weighted by molar-refractivity contribution is 6.03. The van der Waals surface area contributed by atoms with E-state index in [0.29, 0.717) is 25.4 Å². The summed E-state index contributed by atoms with van der Waals surface area (Å²) in [5.41, 5.74) is 2.73. The Bertz CT molecular complexity index is 638. The Balaban J connectivity index is 1.72. The van der Waals surface area contributed by atoms with Crippen LogP contribution in [0, 0.1) is 0 Å². The van der Waals surface area contributed by atoms with Crippen LogP contribution in [-0.2, 0) is 18.0 Å². The number of aromatic amines is 1. The zero-order valence-electron chi connectivity index (χ0n) is 11.0. The van der Waals surface area contributed by atoms with Gasteiger partial charge >= 0.3 is 6.01 Å². The lowest BCUT2D eigenvalue weighted by Crippen LogP contribution is -2.13. The molecule has 2 aromatic rings. The number of amides is 1. The standard InChI is InChI=1S/C13H14N4O3/c1-2-20-13-15-12(16-17-13)14-11(18)8-3-4-9-6-19-7-10(9)5-8/h3-5H,2,6-7H2,1H3,(H2,14,15,16,17,18). The second-order valence-corrected chi connectivity index (χ2v) is 4.33. The summed E-state index contributed by atoms with van der Waals surface area (Å²) in [5, 5.41) is 9.06. The van der Waals surface area contributed by atoms with Gasteiger partial charge in [0, 0.05) is 5.56 Å². The Morgan fingerprint density at radius 1 is 1.45 bits per heavy atom. The first-order valence-corrected chi connectivity index (χ1v) is 6.32. The van der Waals surface area contributed by atoms with Crippen molar-refractivity contribution in [2.75, 3.05) is 11.9 Å². The van der Waals surface area contributed by atoms with Crippen LogP contribution in [0.2, 0.25) is 0 Å². The Morgan fingerprint density at radius 3 is 3.15 bits per heavy atom. The lowest BCUT2D eigenvalue weighted by atomic mass is 10.1. The summed E-state index contributed by atoms with van der Waals surface area (Å²) in [5.74, 6) is 0.00842. The van der Waals surface area contributed by atoms with E-state index in [1.807, 2.05) is 19.1 Å². The Hall–Kier alpha value is -2.41. The van der Waals surface area contributed by atoms with E-state index in [1.54, 1.807) is 6.07 Å². The molecule has 2 N–H and O–H groups in total. The minimum absolute atomic E-state index is 0.213. The molecular weight excluding hydrogens is 260 g/mol. The molecule has 7 nitrogen and oxygen atoms in total. The predicted octanol–water partition coefficient (Wildman–Crippen LogP) is 1.49. The summed E-state index contributed by atoms with van der Waals surface area (Å²) < 4.78 is 10.4. The molecule has 1 aromatic carbocycles. The van der Waals surface area contributed by atoms with Crippen molar-refractivity contribution in [2.45, 2.75) is 20.1 Å². The van der Waals surface area contributed by atoms with Gasteiger partial charge in [-0.1, -0.05) is 6.07 Å². The van der Waals surface area contributed by atoms with Crippen LogP contribution in [0.15, 0.2) is 18.2 Å². The number of rotatable bonds is 4. The third-order valence-electron chi connectivity index (χ3n) is 2.95. The highest BCUT2D eigenvalue weighted by Crippen LogP contribution is 2.21. The van der Waals surface area contributed by atoms with Crippen LogP contribution in [0.4, 0.5) is 5.95 Å². The van der Waals surface area contributed by atoms with Crippen LogP contribution in [0.3, 0.4) is 0 Å². The van der Waals surface area contributed by atoms with Crippen molar-refractivity contribution in [1.82, 2.24) is 15.2 Å². The Kier molecular flexibility index (Phi) is 3.34. The molecule has 1 aromatic heterocycles. The molecule has 104 valence electrons. The Labute approximate surface area is 115 Å². The number of ether oxygens (including phenoxy) is 2. The number of H-pyrrole nitrogens is 1. The molecule has 0 aliphatic carbocycles. The van der Waals surface area contributed by atoms with Crippen molar-refractivity contribution >= 4 is 11.9 Å². The van der Waals surface area contributed by atoms with Crippen LogP contribution in [0.5, 0.6) is 6.01 Å². The largest absolute Gasteiger partial charge is 0.463 e. The van der Waals surface area contributed by atoms with Gasteiger partial charge in [-0.25, -0.2) is 5.10 Å². The van der Waals surface area contributed by atoms with E-state index in [9.17, 15) is 4.79 Å². The van der Waals surface area contributed by atoms with Gasteiger partial charge in [0.05, 0.1) is 19.8 Å². The van der Waals surface area contributed by atoms with E-state index in [2.05, 4.69) is 20.5 Å². The molecule has 0 unspecified atom stereocenters. The van der Waals surface area contributed by atoms with Crippen molar-refractivity contribution in [1.29, 1.82) is 0 Å². The number of anilines is 1.